The number of nitrogens with one attached hydrogen (secondary N) is 2. The van der Waals surface area contributed by atoms with Crippen LogP contribution in [0.3, 0.4) is 0 Å². The van der Waals surface area contributed by atoms with Crippen LogP contribution in [0.2, 0.25) is 0 Å². The summed E-state index contributed by atoms with van der Waals surface area (Å²) in [5.41, 5.74) is 3.45. The number of nitrogens with zero attached hydrogens (tertiary/aromatic N) is 1. The van der Waals surface area contributed by atoms with E-state index in [0.717, 1.165) is 6.42 Å². The second-order valence-electron chi connectivity index (χ2n) is 6.52. The molecule has 29 heavy (non-hydrogen) atoms. The lowest BCUT2D eigenvalue weighted by Gasteiger charge is -2.13. The summed E-state index contributed by atoms with van der Waals surface area (Å²) in [5, 5.41) is 4.01. The van der Waals surface area contributed by atoms with Gasteiger partial charge in [-0.3, -0.25) is 14.3 Å². The first kappa shape index (κ1) is 20.5. The Labute approximate surface area is 169 Å². The first-order chi connectivity index (χ1) is 13.9. The zero-order valence-electron chi connectivity index (χ0n) is 15.8. The van der Waals surface area contributed by atoms with Crippen molar-refractivity contribution >= 4 is 33.1 Å². The highest BCUT2D eigenvalue weighted by Gasteiger charge is 2.19. The van der Waals surface area contributed by atoms with Crippen LogP contribution in [-0.2, 0) is 14.8 Å². The molecule has 0 radical (unpaired) electrons. The Balaban J connectivity index is 1.76. The third kappa shape index (κ3) is 5.20. The molecular weight excluding hydrogens is 394 g/mol. The van der Waals surface area contributed by atoms with E-state index in [1.807, 2.05) is 0 Å². The van der Waals surface area contributed by atoms with Crippen LogP contribution in [0.15, 0.2) is 58.5 Å². The van der Waals surface area contributed by atoms with Crippen molar-refractivity contribution in [2.75, 3.05) is 11.8 Å². The maximum absolute atomic E-state index is 12.7. The molecular formula is C20H21N3O5S. The minimum Gasteiger partial charge on any atom is -0.495 e. The summed E-state index contributed by atoms with van der Waals surface area (Å²) in [4.78, 5) is 23.8. The number of methoxy groups -OCH3 is 1. The van der Waals surface area contributed by atoms with Crippen LogP contribution < -0.4 is 14.9 Å². The summed E-state index contributed by atoms with van der Waals surface area (Å²) >= 11 is 0. The predicted octanol–water partition coefficient (Wildman–Crippen LogP) is 2.72. The number of rotatable bonds is 6. The molecule has 1 fully saturated rings. The zero-order valence-corrected chi connectivity index (χ0v) is 16.7. The quantitative estimate of drug-likeness (QED) is 0.704. The fraction of sp³-hybridized carbons (Fsp3) is 0.250. The van der Waals surface area contributed by atoms with Gasteiger partial charge in [-0.15, -0.1) is 0 Å². The molecule has 0 aromatic heterocycles. The van der Waals surface area contributed by atoms with Crippen LogP contribution in [0.25, 0.3) is 0 Å². The fourth-order valence-corrected chi connectivity index (χ4v) is 4.04. The van der Waals surface area contributed by atoms with Gasteiger partial charge in [0.25, 0.3) is 15.9 Å². The molecule has 9 heteroatoms. The second-order valence-corrected chi connectivity index (χ2v) is 8.20. The van der Waals surface area contributed by atoms with Gasteiger partial charge in [0.05, 0.1) is 17.7 Å². The van der Waals surface area contributed by atoms with E-state index in [2.05, 4.69) is 15.2 Å². The average Bonchev–Trinajstić information content (AvgIpc) is 2.72. The van der Waals surface area contributed by atoms with Gasteiger partial charge in [0.1, 0.15) is 11.5 Å². The van der Waals surface area contributed by atoms with Crippen molar-refractivity contribution in [2.45, 2.75) is 30.6 Å². The van der Waals surface area contributed by atoms with Gasteiger partial charge in [0.2, 0.25) is 0 Å². The molecule has 0 aliphatic heterocycles. The Morgan fingerprint density at radius 2 is 1.90 bits per heavy atom. The molecule has 0 atom stereocenters. The van der Waals surface area contributed by atoms with Crippen molar-refractivity contribution in [1.82, 2.24) is 5.43 Å². The molecule has 1 aliphatic carbocycles. The molecule has 0 saturated heterocycles. The van der Waals surface area contributed by atoms with Gasteiger partial charge >= 0.3 is 0 Å². The van der Waals surface area contributed by atoms with E-state index in [1.165, 1.54) is 31.4 Å². The highest BCUT2D eigenvalue weighted by molar-refractivity contribution is 7.92. The molecule has 3 rings (SSSR count). The van der Waals surface area contributed by atoms with Crippen LogP contribution in [0.4, 0.5) is 5.69 Å². The van der Waals surface area contributed by atoms with E-state index < -0.39 is 15.9 Å². The minimum atomic E-state index is -3.94. The Hall–Kier alpha value is -3.20. The number of hydrogen-bond acceptors (Lipinski definition) is 6. The number of ether oxygens (including phenoxy) is 1. The fourth-order valence-electron chi connectivity index (χ4n) is 2.92. The highest BCUT2D eigenvalue weighted by atomic mass is 32.2. The maximum atomic E-state index is 12.7. The van der Waals surface area contributed by atoms with Crippen LogP contribution in [0.5, 0.6) is 5.75 Å². The van der Waals surface area contributed by atoms with Crippen molar-refractivity contribution < 1.29 is 22.7 Å². The summed E-state index contributed by atoms with van der Waals surface area (Å²) in [6, 6.07) is 12.2. The lowest BCUT2D eigenvalue weighted by molar-refractivity contribution is -0.118. The van der Waals surface area contributed by atoms with Crippen molar-refractivity contribution in [3.8, 4) is 5.75 Å². The summed E-state index contributed by atoms with van der Waals surface area (Å²) in [6.45, 7) is 0. The average molecular weight is 415 g/mol. The van der Waals surface area contributed by atoms with Crippen molar-refractivity contribution in [3.05, 3.63) is 54.1 Å². The summed E-state index contributed by atoms with van der Waals surface area (Å²) < 4.78 is 33.1. The van der Waals surface area contributed by atoms with Crippen LogP contribution in [0, 0.1) is 0 Å². The smallest absolute Gasteiger partial charge is 0.271 e. The molecule has 0 heterocycles. The van der Waals surface area contributed by atoms with Crippen LogP contribution >= 0.6 is 0 Å². The molecule has 152 valence electrons. The van der Waals surface area contributed by atoms with Gasteiger partial charge in [-0.25, -0.2) is 13.8 Å². The number of hydrogen-bond donors (Lipinski definition) is 2. The highest BCUT2D eigenvalue weighted by Crippen LogP contribution is 2.26. The molecule has 0 unspecified atom stereocenters. The Kier molecular flexibility index (Phi) is 6.28. The molecule has 2 N–H and O–H groups in total. The Bertz CT molecular complexity index is 1060. The topological polar surface area (TPSA) is 114 Å². The van der Waals surface area contributed by atoms with Gasteiger partial charge in [-0.2, -0.15) is 5.10 Å². The zero-order chi connectivity index (χ0) is 20.9. The van der Waals surface area contributed by atoms with Crippen molar-refractivity contribution in [1.29, 1.82) is 0 Å². The Morgan fingerprint density at radius 1 is 1.10 bits per heavy atom. The minimum absolute atomic E-state index is 0.0726. The molecule has 1 saturated carbocycles. The van der Waals surface area contributed by atoms with E-state index in [1.54, 1.807) is 24.3 Å². The van der Waals surface area contributed by atoms with E-state index in [4.69, 9.17) is 4.74 Å². The molecule has 0 bridgehead atoms. The lowest BCUT2D eigenvalue weighted by atomic mass is 9.97. The number of ketones is 1. The number of Topliss-reactive ketones (excluding diaryl/α,β-unsaturated/α-hetero) is 1. The third-order valence-electron chi connectivity index (χ3n) is 4.40. The maximum Gasteiger partial charge on any atom is 0.271 e. The number of benzene rings is 2. The first-order valence-electron chi connectivity index (χ1n) is 9.02. The molecule has 2 aromatic rings. The largest absolute Gasteiger partial charge is 0.495 e. The van der Waals surface area contributed by atoms with E-state index in [0.29, 0.717) is 30.0 Å². The van der Waals surface area contributed by atoms with Gasteiger partial charge < -0.3 is 4.74 Å². The number of hydrazone groups is 1. The number of anilines is 1. The number of amides is 1. The Morgan fingerprint density at radius 3 is 2.66 bits per heavy atom. The summed E-state index contributed by atoms with van der Waals surface area (Å²) in [5.74, 6) is -0.0764. The molecule has 1 aliphatic rings. The monoisotopic (exact) mass is 415 g/mol. The molecule has 0 spiro atoms. The van der Waals surface area contributed by atoms with E-state index in [-0.39, 0.29) is 22.7 Å². The molecule has 2 aromatic carbocycles. The molecule has 1 amide bonds. The van der Waals surface area contributed by atoms with Gasteiger partial charge in [0, 0.05) is 24.1 Å². The van der Waals surface area contributed by atoms with Crippen LogP contribution in [-0.4, -0.2) is 32.9 Å². The summed E-state index contributed by atoms with van der Waals surface area (Å²) in [7, 11) is -2.49. The van der Waals surface area contributed by atoms with E-state index >= 15 is 0 Å². The normalized spacial score (nSPS) is 15.8. The van der Waals surface area contributed by atoms with Gasteiger partial charge in [0.15, 0.2) is 0 Å². The van der Waals surface area contributed by atoms with Crippen molar-refractivity contribution in [2.24, 2.45) is 5.10 Å². The van der Waals surface area contributed by atoms with Crippen molar-refractivity contribution in [3.63, 3.8) is 0 Å². The van der Waals surface area contributed by atoms with E-state index in [9.17, 15) is 18.0 Å². The first-order valence-corrected chi connectivity index (χ1v) is 10.5. The second kappa shape index (κ2) is 8.87. The van der Waals surface area contributed by atoms with Gasteiger partial charge in [-0.05, 0) is 43.2 Å². The third-order valence-corrected chi connectivity index (χ3v) is 5.76. The van der Waals surface area contributed by atoms with Gasteiger partial charge in [-0.1, -0.05) is 18.2 Å². The SMILES string of the molecule is COc1ccccc1NS(=O)(=O)c1cccc(C(=O)N/N=C2\CCCC(=O)C2)c1. The molecule has 8 nitrogen and oxygen atoms in total. The number of carbonyl (C=O) groups is 2. The van der Waals surface area contributed by atoms with Crippen LogP contribution in [0.1, 0.15) is 36.0 Å². The number of carbonyl (C=O) groups excluding carboxylic acids is 2. The summed E-state index contributed by atoms with van der Waals surface area (Å²) in [6.07, 6.45) is 2.14. The number of para-hydroxylation sites is 2. The standard InChI is InChI=1S/C20H21N3O5S/c1-28-19-11-3-2-10-18(19)23-29(26,27)17-9-4-6-14(12-17)20(25)22-21-15-7-5-8-16(24)13-15/h2-4,6,9-12,23H,5,7-8,13H2,1H3,(H,22,25)/b21-15+. The predicted molar refractivity (Wildman–Crippen MR) is 109 cm³/mol. The lowest BCUT2D eigenvalue weighted by Crippen LogP contribution is -2.23. The number of sulfonamides is 1.